The summed E-state index contributed by atoms with van der Waals surface area (Å²) < 4.78 is 15.4. The molecule has 0 atom stereocenters. The average molecular weight is 395 g/mol. The molecule has 0 fully saturated rings. The first-order chi connectivity index (χ1) is 14.0. The second-order valence-corrected chi connectivity index (χ2v) is 6.40. The Morgan fingerprint density at radius 2 is 1.90 bits per heavy atom. The number of carbonyl (C=O) groups excluding carboxylic acids is 2. The van der Waals surface area contributed by atoms with Gasteiger partial charge in [-0.15, -0.1) is 0 Å². The zero-order valence-corrected chi connectivity index (χ0v) is 16.4. The minimum Gasteiger partial charge on any atom is -0.495 e. The van der Waals surface area contributed by atoms with Gasteiger partial charge in [-0.05, 0) is 49.2 Å². The molecule has 8 nitrogen and oxygen atoms in total. The van der Waals surface area contributed by atoms with Gasteiger partial charge in [-0.2, -0.15) is 4.98 Å². The normalized spacial score (nSPS) is 10.4. The zero-order valence-electron chi connectivity index (χ0n) is 16.4. The Hall–Kier alpha value is -3.68. The molecule has 0 bridgehead atoms. The molecule has 29 heavy (non-hydrogen) atoms. The number of ether oxygens (including phenoxy) is 2. The SMILES string of the molecule is COc1ccccc1NC(=O)Cc1noc(COC(=O)c2ccc(C)c(C)c2)n1. The van der Waals surface area contributed by atoms with Gasteiger partial charge in [0.1, 0.15) is 5.75 Å². The molecular weight excluding hydrogens is 374 g/mol. The average Bonchev–Trinajstić information content (AvgIpc) is 3.15. The Labute approximate surface area is 167 Å². The van der Waals surface area contributed by atoms with Gasteiger partial charge in [0.05, 0.1) is 24.8 Å². The van der Waals surface area contributed by atoms with Crippen LogP contribution >= 0.6 is 0 Å². The molecule has 8 heteroatoms. The number of aromatic nitrogens is 2. The van der Waals surface area contributed by atoms with Crippen LogP contribution in [0.15, 0.2) is 47.0 Å². The fraction of sp³-hybridized carbons (Fsp3) is 0.238. The number of aryl methyl sites for hydroxylation is 2. The monoisotopic (exact) mass is 395 g/mol. The van der Waals surface area contributed by atoms with Crippen molar-refractivity contribution in [3.05, 3.63) is 70.9 Å². The number of amides is 1. The lowest BCUT2D eigenvalue weighted by molar-refractivity contribution is -0.115. The van der Waals surface area contributed by atoms with Crippen molar-refractivity contribution >= 4 is 17.6 Å². The number of hydrogen-bond donors (Lipinski definition) is 1. The minimum absolute atomic E-state index is 0.0906. The fourth-order valence-corrected chi connectivity index (χ4v) is 2.59. The number of carbonyl (C=O) groups is 2. The van der Waals surface area contributed by atoms with Crippen LogP contribution in [0.5, 0.6) is 5.75 Å². The molecule has 3 rings (SSSR count). The molecule has 2 aromatic carbocycles. The topological polar surface area (TPSA) is 104 Å². The van der Waals surface area contributed by atoms with Gasteiger partial charge in [0.25, 0.3) is 5.89 Å². The molecule has 0 spiro atoms. The summed E-state index contributed by atoms with van der Waals surface area (Å²) in [5.41, 5.74) is 3.09. The Bertz CT molecular complexity index is 1030. The van der Waals surface area contributed by atoms with E-state index in [-0.39, 0.29) is 30.7 Å². The summed E-state index contributed by atoms with van der Waals surface area (Å²) in [7, 11) is 1.52. The highest BCUT2D eigenvalue weighted by molar-refractivity contribution is 5.93. The van der Waals surface area contributed by atoms with E-state index in [1.54, 1.807) is 36.4 Å². The third-order valence-electron chi connectivity index (χ3n) is 4.28. The maximum absolute atomic E-state index is 12.2. The van der Waals surface area contributed by atoms with Gasteiger partial charge in [0, 0.05) is 0 Å². The number of methoxy groups -OCH3 is 1. The van der Waals surface area contributed by atoms with Crippen LogP contribution < -0.4 is 10.1 Å². The lowest BCUT2D eigenvalue weighted by Gasteiger charge is -2.08. The summed E-state index contributed by atoms with van der Waals surface area (Å²) >= 11 is 0. The second-order valence-electron chi connectivity index (χ2n) is 6.40. The number of nitrogens with zero attached hydrogens (tertiary/aromatic N) is 2. The standard InChI is InChI=1S/C21H21N3O5/c1-13-8-9-15(10-14(13)2)21(26)28-12-20-23-18(24-29-20)11-19(25)22-16-6-4-5-7-17(16)27-3/h4-10H,11-12H2,1-3H3,(H,22,25). The van der Waals surface area contributed by atoms with Crippen molar-refractivity contribution in [3.63, 3.8) is 0 Å². The summed E-state index contributed by atoms with van der Waals surface area (Å²) in [6.45, 7) is 3.72. The van der Waals surface area contributed by atoms with E-state index in [0.29, 0.717) is 17.0 Å². The molecule has 0 unspecified atom stereocenters. The molecule has 1 amide bonds. The van der Waals surface area contributed by atoms with E-state index in [4.69, 9.17) is 14.0 Å². The van der Waals surface area contributed by atoms with Crippen molar-refractivity contribution in [1.82, 2.24) is 10.1 Å². The van der Waals surface area contributed by atoms with Gasteiger partial charge in [-0.25, -0.2) is 4.79 Å². The number of esters is 1. The van der Waals surface area contributed by atoms with Crippen LogP contribution in [0.4, 0.5) is 5.69 Å². The molecule has 1 heterocycles. The smallest absolute Gasteiger partial charge is 0.338 e. The molecule has 0 aliphatic carbocycles. The Morgan fingerprint density at radius 3 is 2.66 bits per heavy atom. The van der Waals surface area contributed by atoms with Gasteiger partial charge in [0.2, 0.25) is 5.91 Å². The van der Waals surface area contributed by atoms with E-state index >= 15 is 0 Å². The first kappa shape index (κ1) is 20.1. The van der Waals surface area contributed by atoms with Crippen molar-refractivity contribution in [2.75, 3.05) is 12.4 Å². The first-order valence-electron chi connectivity index (χ1n) is 8.95. The molecule has 0 aliphatic rings. The lowest BCUT2D eigenvalue weighted by Crippen LogP contribution is -2.15. The van der Waals surface area contributed by atoms with Crippen LogP contribution in [0.3, 0.4) is 0 Å². The van der Waals surface area contributed by atoms with Crippen LogP contribution in [0.2, 0.25) is 0 Å². The van der Waals surface area contributed by atoms with Crippen LogP contribution in [-0.4, -0.2) is 29.1 Å². The third kappa shape index (κ3) is 5.19. The van der Waals surface area contributed by atoms with E-state index in [2.05, 4.69) is 15.5 Å². The largest absolute Gasteiger partial charge is 0.495 e. The predicted octanol–water partition coefficient (Wildman–Crippen LogP) is 3.23. The number of anilines is 1. The zero-order chi connectivity index (χ0) is 20.8. The Morgan fingerprint density at radius 1 is 1.10 bits per heavy atom. The molecule has 3 aromatic rings. The van der Waals surface area contributed by atoms with Crippen molar-refractivity contribution < 1.29 is 23.6 Å². The van der Waals surface area contributed by atoms with E-state index < -0.39 is 5.97 Å². The van der Waals surface area contributed by atoms with E-state index in [0.717, 1.165) is 11.1 Å². The van der Waals surface area contributed by atoms with Crippen molar-refractivity contribution in [2.45, 2.75) is 26.9 Å². The maximum atomic E-state index is 12.2. The molecule has 0 saturated carbocycles. The summed E-state index contributed by atoms with van der Waals surface area (Å²) in [6.07, 6.45) is -0.0906. The quantitative estimate of drug-likeness (QED) is 0.613. The molecular formula is C21H21N3O5. The van der Waals surface area contributed by atoms with Crippen molar-refractivity contribution in [1.29, 1.82) is 0 Å². The van der Waals surface area contributed by atoms with Crippen LogP contribution in [0.1, 0.15) is 33.2 Å². The number of rotatable bonds is 7. The Kier molecular flexibility index (Phi) is 6.23. The van der Waals surface area contributed by atoms with Gasteiger partial charge in [-0.3, -0.25) is 4.79 Å². The van der Waals surface area contributed by atoms with Gasteiger partial charge in [-0.1, -0.05) is 23.4 Å². The summed E-state index contributed by atoms with van der Waals surface area (Å²) in [5.74, 6) is 0.0422. The van der Waals surface area contributed by atoms with E-state index in [9.17, 15) is 9.59 Å². The minimum atomic E-state index is -0.484. The van der Waals surface area contributed by atoms with Crippen molar-refractivity contribution in [3.8, 4) is 5.75 Å². The predicted molar refractivity (Wildman–Crippen MR) is 105 cm³/mol. The lowest BCUT2D eigenvalue weighted by atomic mass is 10.1. The summed E-state index contributed by atoms with van der Waals surface area (Å²) in [4.78, 5) is 28.4. The number of benzene rings is 2. The third-order valence-corrected chi connectivity index (χ3v) is 4.28. The molecule has 1 aromatic heterocycles. The molecule has 0 saturated heterocycles. The van der Waals surface area contributed by atoms with E-state index in [1.807, 2.05) is 19.9 Å². The number of nitrogens with one attached hydrogen (secondary N) is 1. The van der Waals surface area contributed by atoms with Crippen LogP contribution in [0, 0.1) is 13.8 Å². The molecule has 0 aliphatic heterocycles. The maximum Gasteiger partial charge on any atom is 0.338 e. The fourth-order valence-electron chi connectivity index (χ4n) is 2.59. The van der Waals surface area contributed by atoms with Gasteiger partial charge < -0.3 is 19.3 Å². The molecule has 150 valence electrons. The van der Waals surface area contributed by atoms with Crippen LogP contribution in [0.25, 0.3) is 0 Å². The summed E-state index contributed by atoms with van der Waals surface area (Å²) in [5, 5.41) is 6.48. The Balaban J connectivity index is 1.54. The number of para-hydroxylation sites is 2. The van der Waals surface area contributed by atoms with Gasteiger partial charge >= 0.3 is 5.97 Å². The molecule has 0 radical (unpaired) electrons. The highest BCUT2D eigenvalue weighted by Crippen LogP contribution is 2.23. The number of hydrogen-bond acceptors (Lipinski definition) is 7. The summed E-state index contributed by atoms with van der Waals surface area (Å²) in [6, 6.07) is 12.4. The van der Waals surface area contributed by atoms with Gasteiger partial charge in [0.15, 0.2) is 12.4 Å². The van der Waals surface area contributed by atoms with Crippen LogP contribution in [-0.2, 0) is 22.6 Å². The highest BCUT2D eigenvalue weighted by atomic mass is 16.6. The highest BCUT2D eigenvalue weighted by Gasteiger charge is 2.15. The second kappa shape index (κ2) is 9.01. The van der Waals surface area contributed by atoms with E-state index in [1.165, 1.54) is 7.11 Å². The molecule has 1 N–H and O–H groups in total. The first-order valence-corrected chi connectivity index (χ1v) is 8.95. The van der Waals surface area contributed by atoms with Crippen molar-refractivity contribution in [2.24, 2.45) is 0 Å².